The molecule has 0 atom stereocenters. The van der Waals surface area contributed by atoms with Gasteiger partial charge in [-0.2, -0.15) is 0 Å². The molecule has 0 aliphatic carbocycles. The maximum atomic E-state index is 13.9. The van der Waals surface area contributed by atoms with Crippen LogP contribution in [0.2, 0.25) is 0 Å². The third-order valence-electron chi connectivity index (χ3n) is 9.80. The number of hydrogen-bond acceptors (Lipinski definition) is 6. The average molecular weight is 647 g/mol. The van der Waals surface area contributed by atoms with Crippen molar-refractivity contribution in [1.82, 2.24) is 9.80 Å². The Bertz CT molecular complexity index is 2260. The van der Waals surface area contributed by atoms with Crippen molar-refractivity contribution in [3.63, 3.8) is 0 Å². The summed E-state index contributed by atoms with van der Waals surface area (Å²) in [6.45, 7) is 0.272. The van der Waals surface area contributed by atoms with Crippen LogP contribution in [-0.2, 0) is 13.1 Å². The number of imide groups is 2. The second-order valence-electron chi connectivity index (χ2n) is 12.2. The molecule has 7 aromatic rings. The van der Waals surface area contributed by atoms with Crippen LogP contribution < -0.4 is 9.47 Å². The maximum absolute atomic E-state index is 13.9. The van der Waals surface area contributed by atoms with Gasteiger partial charge in [-0.05, 0) is 92.0 Å². The fraction of sp³-hybridized carbons (Fsp3) is 0.122. The molecule has 4 amide bonds. The summed E-state index contributed by atoms with van der Waals surface area (Å²) >= 11 is 0. The summed E-state index contributed by atoms with van der Waals surface area (Å²) in [5.41, 5.74) is 3.48. The Morgan fingerprint density at radius 3 is 0.959 bits per heavy atom. The van der Waals surface area contributed by atoms with E-state index in [0.29, 0.717) is 44.5 Å². The molecular weight excluding hydrogens is 616 g/mol. The fourth-order valence-electron chi connectivity index (χ4n) is 7.48. The molecule has 2 aliphatic heterocycles. The van der Waals surface area contributed by atoms with Crippen LogP contribution in [0.4, 0.5) is 0 Å². The molecule has 0 N–H and O–H groups in total. The van der Waals surface area contributed by atoms with Crippen LogP contribution in [0.5, 0.6) is 11.5 Å². The van der Waals surface area contributed by atoms with E-state index in [9.17, 15) is 19.2 Å². The number of amides is 4. The summed E-state index contributed by atoms with van der Waals surface area (Å²) in [4.78, 5) is 58.2. The number of methoxy groups -OCH3 is 2. The zero-order chi connectivity index (χ0) is 32.8. The third-order valence-corrected chi connectivity index (χ3v) is 9.80. The van der Waals surface area contributed by atoms with Crippen molar-refractivity contribution in [2.45, 2.75) is 20.5 Å². The van der Waals surface area contributed by atoms with E-state index in [0.717, 1.165) is 43.4 Å². The number of benzene rings is 7. The van der Waals surface area contributed by atoms with E-state index in [1.165, 1.54) is 9.80 Å². The van der Waals surface area contributed by atoms with Gasteiger partial charge in [-0.3, -0.25) is 29.0 Å². The Labute approximate surface area is 281 Å². The van der Waals surface area contributed by atoms with Crippen LogP contribution in [0, 0.1) is 0 Å². The van der Waals surface area contributed by atoms with E-state index < -0.39 is 0 Å². The first kappa shape index (κ1) is 30.1. The van der Waals surface area contributed by atoms with Gasteiger partial charge in [0.2, 0.25) is 0 Å². The second-order valence-corrected chi connectivity index (χ2v) is 12.2. The molecule has 0 bridgehead atoms. The SMILES string of the molecule is C.COc1ccc(CN2C(=O)c3ccc4c5ccc6c7c(ccc(c8ccc(c3c48)C2=O)c75)C(=O)N(Cc2ccc(OC)cc2)C6=O)cc1. The molecule has 2 aliphatic rings. The van der Waals surface area contributed by atoms with Gasteiger partial charge in [0.15, 0.2) is 0 Å². The van der Waals surface area contributed by atoms with Crippen LogP contribution in [0.1, 0.15) is 60.0 Å². The zero-order valence-corrected chi connectivity index (χ0v) is 26.0. The molecule has 0 fully saturated rings. The molecule has 0 aromatic heterocycles. The molecule has 0 saturated heterocycles. The van der Waals surface area contributed by atoms with Crippen molar-refractivity contribution in [2.24, 2.45) is 0 Å². The van der Waals surface area contributed by atoms with Gasteiger partial charge in [-0.1, -0.05) is 56.0 Å². The van der Waals surface area contributed by atoms with Crippen molar-refractivity contribution < 1.29 is 28.7 Å². The zero-order valence-electron chi connectivity index (χ0n) is 26.0. The van der Waals surface area contributed by atoms with Gasteiger partial charge in [0, 0.05) is 33.0 Å². The van der Waals surface area contributed by atoms with Crippen molar-refractivity contribution >= 4 is 66.7 Å². The number of fused-ring (bicyclic) bond motifs is 2. The number of carbonyl (C=O) groups is 4. The molecule has 0 unspecified atom stereocenters. The molecule has 240 valence electrons. The van der Waals surface area contributed by atoms with Gasteiger partial charge in [0.25, 0.3) is 23.6 Å². The first-order valence-corrected chi connectivity index (χ1v) is 15.6. The minimum atomic E-state index is -0.351. The molecule has 7 aromatic carbocycles. The molecule has 2 heterocycles. The summed E-state index contributed by atoms with van der Waals surface area (Å²) in [7, 11) is 3.18. The Hall–Kier alpha value is -6.28. The number of rotatable bonds is 6. The minimum absolute atomic E-state index is 0. The smallest absolute Gasteiger partial charge is 0.261 e. The summed E-state index contributed by atoms with van der Waals surface area (Å²) < 4.78 is 10.5. The molecule has 49 heavy (non-hydrogen) atoms. The molecule has 8 nitrogen and oxygen atoms in total. The fourth-order valence-corrected chi connectivity index (χ4v) is 7.48. The van der Waals surface area contributed by atoms with E-state index in [4.69, 9.17) is 9.47 Å². The van der Waals surface area contributed by atoms with E-state index in [1.54, 1.807) is 62.8 Å². The summed E-state index contributed by atoms with van der Waals surface area (Å²) in [6, 6.07) is 29.4. The van der Waals surface area contributed by atoms with Crippen LogP contribution in [-0.4, -0.2) is 47.6 Å². The highest BCUT2D eigenvalue weighted by atomic mass is 16.5. The topological polar surface area (TPSA) is 93.2 Å². The summed E-state index contributed by atoms with van der Waals surface area (Å²) in [5.74, 6) is -0.0144. The number of carbonyl (C=O) groups excluding carboxylic acids is 4. The largest absolute Gasteiger partial charge is 0.497 e. The Morgan fingerprint density at radius 2 is 0.694 bits per heavy atom. The maximum Gasteiger partial charge on any atom is 0.261 e. The monoisotopic (exact) mass is 646 g/mol. The Kier molecular flexibility index (Phi) is 6.68. The number of hydrogen-bond donors (Lipinski definition) is 0. The van der Waals surface area contributed by atoms with Gasteiger partial charge in [-0.15, -0.1) is 0 Å². The molecule has 0 saturated carbocycles. The van der Waals surface area contributed by atoms with Crippen molar-refractivity contribution in [1.29, 1.82) is 0 Å². The molecular formula is C41H30N2O6. The van der Waals surface area contributed by atoms with Gasteiger partial charge < -0.3 is 9.47 Å². The number of ether oxygens (including phenoxy) is 2. The van der Waals surface area contributed by atoms with Gasteiger partial charge in [0.1, 0.15) is 11.5 Å². The summed E-state index contributed by atoms with van der Waals surface area (Å²) in [6.07, 6.45) is 0. The molecule has 9 rings (SSSR count). The first-order chi connectivity index (χ1) is 23.4. The molecule has 8 heteroatoms. The molecule has 0 spiro atoms. The summed E-state index contributed by atoms with van der Waals surface area (Å²) in [5, 5.41) is 6.31. The van der Waals surface area contributed by atoms with Crippen molar-refractivity contribution in [2.75, 3.05) is 14.2 Å². The van der Waals surface area contributed by atoms with Crippen molar-refractivity contribution in [3.05, 3.63) is 130 Å². The van der Waals surface area contributed by atoms with Gasteiger partial charge in [0.05, 0.1) is 27.3 Å². The second kappa shape index (κ2) is 10.9. The third kappa shape index (κ3) is 4.16. The Balaban J connectivity index is 0.00000348. The minimum Gasteiger partial charge on any atom is -0.497 e. The lowest BCUT2D eigenvalue weighted by molar-refractivity contribution is 0.0583. The lowest BCUT2D eigenvalue weighted by atomic mass is 9.82. The lowest BCUT2D eigenvalue weighted by Gasteiger charge is -2.30. The van der Waals surface area contributed by atoms with Crippen LogP contribution in [0.15, 0.2) is 97.1 Å². The number of nitrogens with zero attached hydrogens (tertiary/aromatic N) is 2. The van der Waals surface area contributed by atoms with Gasteiger partial charge in [-0.25, -0.2) is 0 Å². The van der Waals surface area contributed by atoms with E-state index in [-0.39, 0.29) is 44.1 Å². The quantitative estimate of drug-likeness (QED) is 0.103. The van der Waals surface area contributed by atoms with Crippen LogP contribution >= 0.6 is 0 Å². The predicted molar refractivity (Wildman–Crippen MR) is 189 cm³/mol. The highest BCUT2D eigenvalue weighted by Gasteiger charge is 2.37. The van der Waals surface area contributed by atoms with Crippen molar-refractivity contribution in [3.8, 4) is 11.5 Å². The predicted octanol–water partition coefficient (Wildman–Crippen LogP) is 7.98. The van der Waals surface area contributed by atoms with Crippen LogP contribution in [0.3, 0.4) is 0 Å². The Morgan fingerprint density at radius 1 is 0.408 bits per heavy atom. The molecule has 0 radical (unpaired) electrons. The standard InChI is InChI=1S/C40H26N2O6.CH4/c1-47-23-7-3-21(4-8-23)19-41-37(43)29-15-11-25-27-13-17-31-36-32(40(46)42(39(31)45)20-22-5-9-24(48-2)10-6-22)18-14-28(34(27)36)26-12-16-30(38(41)44)35(29)33(25)26;/h3-18H,19-20H2,1-2H3;1H4. The van der Waals surface area contributed by atoms with E-state index >= 15 is 0 Å². The van der Waals surface area contributed by atoms with Crippen LogP contribution in [0.25, 0.3) is 43.1 Å². The normalized spacial score (nSPS) is 14.0. The highest BCUT2D eigenvalue weighted by Crippen LogP contribution is 2.46. The lowest BCUT2D eigenvalue weighted by Crippen LogP contribution is -2.40. The van der Waals surface area contributed by atoms with E-state index in [2.05, 4.69) is 0 Å². The average Bonchev–Trinajstić information content (AvgIpc) is 3.13. The highest BCUT2D eigenvalue weighted by molar-refractivity contribution is 6.41. The van der Waals surface area contributed by atoms with E-state index in [1.807, 2.05) is 48.5 Å². The van der Waals surface area contributed by atoms with Gasteiger partial charge >= 0.3 is 0 Å². The first-order valence-electron chi connectivity index (χ1n) is 15.6.